The van der Waals surface area contributed by atoms with Crippen molar-refractivity contribution in [1.82, 2.24) is 4.90 Å². The van der Waals surface area contributed by atoms with Crippen LogP contribution in [0.4, 0.5) is 5.00 Å². The van der Waals surface area contributed by atoms with Gasteiger partial charge in [0.15, 0.2) is 0 Å². The van der Waals surface area contributed by atoms with Gasteiger partial charge in [0, 0.05) is 26.1 Å². The molecule has 0 radical (unpaired) electrons. The molecule has 126 valence electrons. The Bertz CT molecular complexity index is 591. The maximum absolute atomic E-state index is 12.5. The summed E-state index contributed by atoms with van der Waals surface area (Å²) in [5.41, 5.74) is 0.914. The molecule has 1 aromatic rings. The van der Waals surface area contributed by atoms with Crippen molar-refractivity contribution in [1.29, 1.82) is 0 Å². The van der Waals surface area contributed by atoms with E-state index in [1.165, 1.54) is 24.2 Å². The van der Waals surface area contributed by atoms with Crippen molar-refractivity contribution in [2.75, 3.05) is 32.1 Å². The molecule has 6 heteroatoms. The lowest BCUT2D eigenvalue weighted by atomic mass is 10.2. The van der Waals surface area contributed by atoms with E-state index in [2.05, 4.69) is 5.32 Å². The highest BCUT2D eigenvalue weighted by atomic mass is 32.1. The Hall–Kier alpha value is -1.40. The fraction of sp³-hybridized carbons (Fsp3) is 0.647. The molecule has 2 saturated carbocycles. The number of aryl methyl sites for hydroxylation is 1. The first-order valence-electron chi connectivity index (χ1n) is 8.29. The summed E-state index contributed by atoms with van der Waals surface area (Å²) in [4.78, 5) is 26.7. The van der Waals surface area contributed by atoms with Gasteiger partial charge in [-0.3, -0.25) is 9.59 Å². The number of ether oxygens (including phenoxy) is 1. The maximum atomic E-state index is 12.5. The molecule has 1 N–H and O–H groups in total. The van der Waals surface area contributed by atoms with Crippen molar-refractivity contribution in [3.8, 4) is 0 Å². The summed E-state index contributed by atoms with van der Waals surface area (Å²) < 4.78 is 5.59. The maximum Gasteiger partial charge on any atom is 0.264 e. The summed E-state index contributed by atoms with van der Waals surface area (Å²) in [6, 6.07) is 1.88. The minimum atomic E-state index is -0.00515. The fourth-order valence-corrected chi connectivity index (χ4v) is 3.41. The Balaban J connectivity index is 1.50. The minimum Gasteiger partial charge on any atom is -0.379 e. The van der Waals surface area contributed by atoms with Crippen LogP contribution in [0.3, 0.4) is 0 Å². The van der Waals surface area contributed by atoms with Crippen molar-refractivity contribution in [3.63, 3.8) is 0 Å². The van der Waals surface area contributed by atoms with Crippen molar-refractivity contribution in [2.45, 2.75) is 32.6 Å². The lowest BCUT2D eigenvalue weighted by Gasteiger charge is -2.16. The number of nitrogens with zero attached hydrogens (tertiary/aromatic N) is 1. The minimum absolute atomic E-state index is 0.00515. The Morgan fingerprint density at radius 2 is 2.09 bits per heavy atom. The van der Waals surface area contributed by atoms with E-state index >= 15 is 0 Å². The van der Waals surface area contributed by atoms with Crippen molar-refractivity contribution in [3.05, 3.63) is 16.5 Å². The van der Waals surface area contributed by atoms with Crippen LogP contribution < -0.4 is 5.32 Å². The van der Waals surface area contributed by atoms with Crippen LogP contribution in [0.2, 0.25) is 0 Å². The third-order valence-electron chi connectivity index (χ3n) is 4.27. The highest BCUT2D eigenvalue weighted by Gasteiger charge is 2.30. The second-order valence-electron chi connectivity index (χ2n) is 6.63. The average Bonchev–Trinajstić information content (AvgIpc) is 3.41. The molecule has 2 aliphatic rings. The zero-order valence-electron chi connectivity index (χ0n) is 13.8. The smallest absolute Gasteiger partial charge is 0.264 e. The van der Waals surface area contributed by atoms with Crippen LogP contribution in [0, 0.1) is 18.8 Å². The van der Waals surface area contributed by atoms with E-state index in [0.717, 1.165) is 35.9 Å². The molecule has 5 nitrogen and oxygen atoms in total. The van der Waals surface area contributed by atoms with Gasteiger partial charge in [0.2, 0.25) is 5.91 Å². The molecule has 2 aliphatic carbocycles. The monoisotopic (exact) mass is 336 g/mol. The zero-order chi connectivity index (χ0) is 16.4. The lowest BCUT2D eigenvalue weighted by Crippen LogP contribution is -2.30. The van der Waals surface area contributed by atoms with Crippen molar-refractivity contribution >= 4 is 28.2 Å². The molecule has 0 aliphatic heterocycles. The van der Waals surface area contributed by atoms with Crippen LogP contribution in [0.15, 0.2) is 6.07 Å². The molecule has 0 saturated heterocycles. The van der Waals surface area contributed by atoms with Crippen molar-refractivity contribution < 1.29 is 14.3 Å². The topological polar surface area (TPSA) is 58.6 Å². The summed E-state index contributed by atoms with van der Waals surface area (Å²) in [6.07, 6.45) is 4.51. The second kappa shape index (κ2) is 7.01. The Labute approximate surface area is 141 Å². The van der Waals surface area contributed by atoms with Gasteiger partial charge in [-0.2, -0.15) is 0 Å². The van der Waals surface area contributed by atoms with Crippen LogP contribution in [-0.4, -0.2) is 43.5 Å². The number of thiophene rings is 1. The molecule has 1 aromatic heterocycles. The number of carbonyl (C=O) groups is 2. The normalized spacial score (nSPS) is 17.1. The van der Waals surface area contributed by atoms with Crippen LogP contribution in [0.5, 0.6) is 0 Å². The standard InChI is InChI=1S/C17H24N2O3S/c1-11-9-14(18-16(20)13-5-6-13)23-15(11)17(21)19(2)7-8-22-10-12-3-4-12/h9,12-13H,3-8,10H2,1-2H3,(H,18,20). The summed E-state index contributed by atoms with van der Waals surface area (Å²) in [6.45, 7) is 3.90. The summed E-state index contributed by atoms with van der Waals surface area (Å²) in [5, 5.41) is 3.68. The van der Waals surface area contributed by atoms with Crippen LogP contribution in [0.1, 0.15) is 40.9 Å². The molecule has 23 heavy (non-hydrogen) atoms. The number of carbonyl (C=O) groups excluding carboxylic acids is 2. The van der Waals surface area contributed by atoms with Crippen LogP contribution in [0.25, 0.3) is 0 Å². The second-order valence-corrected chi connectivity index (χ2v) is 7.68. The number of amides is 2. The summed E-state index contributed by atoms with van der Waals surface area (Å²) in [5.74, 6) is 0.984. The first-order valence-corrected chi connectivity index (χ1v) is 9.10. The average molecular weight is 336 g/mol. The van der Waals surface area contributed by atoms with Gasteiger partial charge in [-0.05, 0) is 50.2 Å². The molecule has 2 fully saturated rings. The number of anilines is 1. The first-order chi connectivity index (χ1) is 11.0. The van der Waals surface area contributed by atoms with E-state index in [-0.39, 0.29) is 17.7 Å². The molecule has 3 rings (SSSR count). The van der Waals surface area contributed by atoms with E-state index in [1.807, 2.05) is 13.0 Å². The Morgan fingerprint density at radius 3 is 2.74 bits per heavy atom. The van der Waals surface area contributed by atoms with Gasteiger partial charge in [0.1, 0.15) is 0 Å². The summed E-state index contributed by atoms with van der Waals surface area (Å²) >= 11 is 1.36. The molecular weight excluding hydrogens is 312 g/mol. The number of nitrogens with one attached hydrogen (secondary N) is 1. The SMILES string of the molecule is Cc1cc(NC(=O)C2CC2)sc1C(=O)N(C)CCOCC1CC1. The lowest BCUT2D eigenvalue weighted by molar-refractivity contribution is -0.117. The van der Waals surface area contributed by atoms with Gasteiger partial charge in [0.05, 0.1) is 16.5 Å². The highest BCUT2D eigenvalue weighted by molar-refractivity contribution is 7.18. The van der Waals surface area contributed by atoms with E-state index in [9.17, 15) is 9.59 Å². The molecule has 1 heterocycles. The predicted octanol–water partition coefficient (Wildman–Crippen LogP) is 2.90. The first kappa shape index (κ1) is 16.5. The van der Waals surface area contributed by atoms with Gasteiger partial charge in [-0.15, -0.1) is 11.3 Å². The van der Waals surface area contributed by atoms with Gasteiger partial charge in [0.25, 0.3) is 5.91 Å². The highest BCUT2D eigenvalue weighted by Crippen LogP contribution is 2.33. The molecule has 0 atom stereocenters. The van der Waals surface area contributed by atoms with Crippen LogP contribution >= 0.6 is 11.3 Å². The molecule has 0 spiro atoms. The largest absolute Gasteiger partial charge is 0.379 e. The molecular formula is C17H24N2O3S. The zero-order valence-corrected chi connectivity index (χ0v) is 14.6. The third kappa shape index (κ3) is 4.54. The van der Waals surface area contributed by atoms with Gasteiger partial charge >= 0.3 is 0 Å². The third-order valence-corrected chi connectivity index (χ3v) is 5.42. The number of rotatable bonds is 8. The van der Waals surface area contributed by atoms with Gasteiger partial charge in [-0.1, -0.05) is 0 Å². The van der Waals surface area contributed by atoms with E-state index < -0.39 is 0 Å². The molecule has 0 unspecified atom stereocenters. The number of hydrogen-bond acceptors (Lipinski definition) is 4. The fourth-order valence-electron chi connectivity index (χ4n) is 2.34. The molecule has 2 amide bonds. The van der Waals surface area contributed by atoms with E-state index in [4.69, 9.17) is 4.74 Å². The number of likely N-dealkylation sites (N-methyl/N-ethyl adjacent to an activating group) is 1. The van der Waals surface area contributed by atoms with Gasteiger partial charge < -0.3 is 15.0 Å². The molecule has 0 bridgehead atoms. The van der Waals surface area contributed by atoms with Crippen molar-refractivity contribution in [2.24, 2.45) is 11.8 Å². The molecule has 0 aromatic carbocycles. The quantitative estimate of drug-likeness (QED) is 0.743. The Morgan fingerprint density at radius 1 is 1.35 bits per heavy atom. The predicted molar refractivity (Wildman–Crippen MR) is 90.9 cm³/mol. The van der Waals surface area contributed by atoms with E-state index in [0.29, 0.717) is 18.0 Å². The van der Waals surface area contributed by atoms with Gasteiger partial charge in [-0.25, -0.2) is 0 Å². The Kier molecular flexibility index (Phi) is 5.02. The summed E-state index contributed by atoms with van der Waals surface area (Å²) in [7, 11) is 1.80. The number of hydrogen-bond donors (Lipinski definition) is 1. The van der Waals surface area contributed by atoms with E-state index in [1.54, 1.807) is 11.9 Å². The van der Waals surface area contributed by atoms with Crippen LogP contribution in [-0.2, 0) is 9.53 Å².